The van der Waals surface area contributed by atoms with Crippen LogP contribution in [0.15, 0.2) is 24.3 Å². The number of nitrogens with one attached hydrogen (secondary N) is 1. The molecule has 0 aromatic rings. The number of aliphatic hydroxyl groups is 2. The summed E-state index contributed by atoms with van der Waals surface area (Å²) in [6.45, 7) is 4.87. The Bertz CT molecular complexity index is 1060. The molecule has 0 aliphatic heterocycles. The Morgan fingerprint density at radius 3 is 1.09 bits per heavy atom. The Kier molecular flexibility index (Phi) is 56.5. The summed E-state index contributed by atoms with van der Waals surface area (Å²) in [6.07, 6.45) is 70.9. The number of carbonyl (C=O) groups excluding carboxylic acids is 2. The van der Waals surface area contributed by atoms with Crippen LogP contribution in [0.4, 0.5) is 0 Å². The van der Waals surface area contributed by atoms with Crippen molar-refractivity contribution in [3.05, 3.63) is 24.3 Å². The molecule has 0 radical (unpaired) electrons. The normalized spacial score (nSPS) is 12.7. The monoisotopic (exact) mass is 958 g/mol. The van der Waals surface area contributed by atoms with E-state index in [1.807, 2.05) is 6.08 Å². The topological polar surface area (TPSA) is 95.9 Å². The van der Waals surface area contributed by atoms with Crippen molar-refractivity contribution in [3.8, 4) is 0 Å². The standard InChI is InChI=1S/C62H119NO5/c1-3-5-7-9-11-13-34-38-42-46-50-54-60(65)59(58-64)63-61(66)55-51-47-43-39-36-32-30-28-26-24-22-20-18-16-15-17-19-21-23-25-27-29-31-33-37-41-45-49-53-57-68-62(67)56-52-48-44-40-35-14-12-10-8-6-4-2/h10,12,50,54,59-60,64-65H,3-9,11,13-49,51-53,55-58H2,1-2H3,(H,63,66)/b12-10-,54-50+. The lowest BCUT2D eigenvalue weighted by molar-refractivity contribution is -0.143. The molecule has 6 heteroatoms. The number of carbonyl (C=O) groups is 2. The summed E-state index contributed by atoms with van der Waals surface area (Å²) in [5.41, 5.74) is 0. The van der Waals surface area contributed by atoms with Crippen LogP contribution in [0.3, 0.4) is 0 Å². The van der Waals surface area contributed by atoms with Gasteiger partial charge in [-0.3, -0.25) is 9.59 Å². The fraction of sp³-hybridized carbons (Fsp3) is 0.903. The molecule has 0 saturated heterocycles. The van der Waals surface area contributed by atoms with Gasteiger partial charge in [0.1, 0.15) is 0 Å². The van der Waals surface area contributed by atoms with Gasteiger partial charge < -0.3 is 20.3 Å². The Hall–Kier alpha value is -1.66. The molecule has 0 heterocycles. The van der Waals surface area contributed by atoms with Gasteiger partial charge in [0, 0.05) is 12.8 Å². The zero-order valence-electron chi connectivity index (χ0n) is 45.9. The first kappa shape index (κ1) is 66.3. The molecule has 68 heavy (non-hydrogen) atoms. The number of hydrogen-bond donors (Lipinski definition) is 3. The second kappa shape index (κ2) is 57.9. The van der Waals surface area contributed by atoms with Crippen LogP contribution >= 0.6 is 0 Å². The highest BCUT2D eigenvalue weighted by molar-refractivity contribution is 5.76. The van der Waals surface area contributed by atoms with Crippen molar-refractivity contribution in [1.29, 1.82) is 0 Å². The highest BCUT2D eigenvalue weighted by atomic mass is 16.5. The highest BCUT2D eigenvalue weighted by Crippen LogP contribution is 2.18. The lowest BCUT2D eigenvalue weighted by Crippen LogP contribution is -2.45. The first-order valence-corrected chi connectivity index (χ1v) is 30.6. The van der Waals surface area contributed by atoms with Crippen molar-refractivity contribution >= 4 is 11.9 Å². The van der Waals surface area contributed by atoms with Crippen molar-refractivity contribution in [1.82, 2.24) is 5.32 Å². The zero-order chi connectivity index (χ0) is 49.3. The number of rotatable bonds is 57. The van der Waals surface area contributed by atoms with Crippen LogP contribution < -0.4 is 5.32 Å². The molecular weight excluding hydrogens is 839 g/mol. The van der Waals surface area contributed by atoms with Crippen molar-refractivity contribution in [2.45, 2.75) is 347 Å². The van der Waals surface area contributed by atoms with Crippen LogP contribution in [0, 0.1) is 0 Å². The van der Waals surface area contributed by atoms with Crippen molar-refractivity contribution in [3.63, 3.8) is 0 Å². The summed E-state index contributed by atoms with van der Waals surface area (Å²) in [5.74, 6) is -0.0568. The summed E-state index contributed by atoms with van der Waals surface area (Å²) in [6, 6.07) is -0.623. The highest BCUT2D eigenvalue weighted by Gasteiger charge is 2.18. The van der Waals surface area contributed by atoms with E-state index in [-0.39, 0.29) is 18.5 Å². The van der Waals surface area contributed by atoms with Gasteiger partial charge in [-0.05, 0) is 51.4 Å². The van der Waals surface area contributed by atoms with Gasteiger partial charge in [-0.25, -0.2) is 0 Å². The Labute approximate surface area is 424 Å². The van der Waals surface area contributed by atoms with Gasteiger partial charge in [-0.2, -0.15) is 0 Å². The van der Waals surface area contributed by atoms with E-state index in [0.717, 1.165) is 44.9 Å². The number of unbranched alkanes of at least 4 members (excludes halogenated alkanes) is 44. The van der Waals surface area contributed by atoms with Crippen LogP contribution in [0.1, 0.15) is 335 Å². The van der Waals surface area contributed by atoms with Gasteiger partial charge in [-0.15, -0.1) is 0 Å². The fourth-order valence-corrected chi connectivity index (χ4v) is 9.50. The maximum absolute atomic E-state index is 12.4. The molecule has 0 bridgehead atoms. The van der Waals surface area contributed by atoms with E-state index in [1.165, 1.54) is 263 Å². The minimum Gasteiger partial charge on any atom is -0.466 e. The third kappa shape index (κ3) is 53.7. The van der Waals surface area contributed by atoms with E-state index in [9.17, 15) is 19.8 Å². The Morgan fingerprint density at radius 2 is 0.706 bits per heavy atom. The van der Waals surface area contributed by atoms with Crippen LogP contribution in [0.5, 0.6) is 0 Å². The van der Waals surface area contributed by atoms with E-state index in [4.69, 9.17) is 4.74 Å². The van der Waals surface area contributed by atoms with Gasteiger partial charge >= 0.3 is 5.97 Å². The molecule has 0 saturated carbocycles. The maximum Gasteiger partial charge on any atom is 0.305 e. The summed E-state index contributed by atoms with van der Waals surface area (Å²) in [4.78, 5) is 24.4. The molecule has 0 fully saturated rings. The van der Waals surface area contributed by atoms with Gasteiger partial charge in [0.2, 0.25) is 5.91 Å². The third-order valence-corrected chi connectivity index (χ3v) is 14.2. The Morgan fingerprint density at radius 1 is 0.397 bits per heavy atom. The van der Waals surface area contributed by atoms with Crippen LogP contribution in [0.25, 0.3) is 0 Å². The van der Waals surface area contributed by atoms with Crippen molar-refractivity contribution in [2.75, 3.05) is 13.2 Å². The van der Waals surface area contributed by atoms with Gasteiger partial charge in [0.15, 0.2) is 0 Å². The zero-order valence-corrected chi connectivity index (χ0v) is 45.9. The smallest absolute Gasteiger partial charge is 0.305 e. The Balaban J connectivity index is 3.33. The van der Waals surface area contributed by atoms with Crippen molar-refractivity contribution < 1.29 is 24.5 Å². The van der Waals surface area contributed by atoms with Gasteiger partial charge in [-0.1, -0.05) is 295 Å². The molecule has 0 spiro atoms. The maximum atomic E-state index is 12.4. The lowest BCUT2D eigenvalue weighted by atomic mass is 10.0. The van der Waals surface area contributed by atoms with Crippen LogP contribution in [-0.2, 0) is 14.3 Å². The van der Waals surface area contributed by atoms with Crippen LogP contribution in [-0.4, -0.2) is 47.4 Å². The molecule has 6 nitrogen and oxygen atoms in total. The van der Waals surface area contributed by atoms with E-state index in [2.05, 4.69) is 31.3 Å². The predicted molar refractivity (Wildman–Crippen MR) is 296 cm³/mol. The lowest BCUT2D eigenvalue weighted by Gasteiger charge is -2.20. The van der Waals surface area contributed by atoms with Gasteiger partial charge in [0.05, 0.1) is 25.4 Å². The molecule has 402 valence electrons. The number of hydrogen-bond acceptors (Lipinski definition) is 5. The van der Waals surface area contributed by atoms with E-state index in [0.29, 0.717) is 19.4 Å². The van der Waals surface area contributed by atoms with Crippen molar-refractivity contribution in [2.24, 2.45) is 0 Å². The number of amides is 1. The molecule has 0 aliphatic rings. The average molecular weight is 959 g/mol. The third-order valence-electron chi connectivity index (χ3n) is 14.2. The summed E-state index contributed by atoms with van der Waals surface area (Å²) in [7, 11) is 0. The average Bonchev–Trinajstić information content (AvgIpc) is 3.34. The first-order chi connectivity index (χ1) is 33.5. The molecule has 2 unspecified atom stereocenters. The largest absolute Gasteiger partial charge is 0.466 e. The molecule has 0 aromatic carbocycles. The number of aliphatic hydroxyl groups excluding tert-OH is 2. The number of allylic oxidation sites excluding steroid dienone is 3. The molecule has 0 rings (SSSR count). The minimum absolute atomic E-state index is 0.00798. The second-order valence-electron chi connectivity index (χ2n) is 21.0. The molecule has 2 atom stereocenters. The number of esters is 1. The quantitative estimate of drug-likeness (QED) is 0.0321. The summed E-state index contributed by atoms with van der Waals surface area (Å²) >= 11 is 0. The fourth-order valence-electron chi connectivity index (χ4n) is 9.50. The minimum atomic E-state index is -0.840. The first-order valence-electron chi connectivity index (χ1n) is 30.6. The molecule has 3 N–H and O–H groups in total. The molecule has 0 aromatic heterocycles. The van der Waals surface area contributed by atoms with Gasteiger partial charge in [0.25, 0.3) is 0 Å². The molecule has 1 amide bonds. The van der Waals surface area contributed by atoms with E-state index < -0.39 is 12.1 Å². The second-order valence-corrected chi connectivity index (χ2v) is 21.0. The number of ether oxygens (including phenoxy) is 1. The van der Waals surface area contributed by atoms with Crippen LogP contribution in [0.2, 0.25) is 0 Å². The summed E-state index contributed by atoms with van der Waals surface area (Å²) < 4.78 is 5.46. The summed E-state index contributed by atoms with van der Waals surface area (Å²) in [5, 5.41) is 23.0. The molecule has 0 aliphatic carbocycles. The molecular formula is C62H119NO5. The van der Waals surface area contributed by atoms with E-state index >= 15 is 0 Å². The SMILES string of the molecule is CCCC/C=C\CCCCCCCC(=O)OCCCCCCCCCCCCCCCCCCCCCCCCCCCCCCCC(=O)NC(CO)C(O)/C=C/CCCCCCCCCCC. The predicted octanol–water partition coefficient (Wildman–Crippen LogP) is 19.0. The van der Waals surface area contributed by atoms with E-state index in [1.54, 1.807) is 6.08 Å².